The molecule has 37 heavy (non-hydrogen) atoms. The molecule has 0 aliphatic rings. The second-order valence-electron chi connectivity index (χ2n) is 9.05. The molecule has 0 aliphatic carbocycles. The summed E-state index contributed by atoms with van der Waals surface area (Å²) in [6.45, 7) is 1.26. The number of nitrogens with one attached hydrogen (secondary N) is 2. The van der Waals surface area contributed by atoms with Crippen molar-refractivity contribution in [2.75, 3.05) is 18.4 Å². The third-order valence-corrected chi connectivity index (χ3v) is 6.40. The Morgan fingerprint density at radius 1 is 0.892 bits per heavy atom. The van der Waals surface area contributed by atoms with Crippen molar-refractivity contribution >= 4 is 22.4 Å². The molecule has 1 atom stereocenters. The highest BCUT2D eigenvalue weighted by atomic mass is 16.3. The number of fused-ring (bicyclic) bond motifs is 1. The van der Waals surface area contributed by atoms with Crippen molar-refractivity contribution in [3.63, 3.8) is 0 Å². The van der Waals surface area contributed by atoms with Crippen LogP contribution in [-0.4, -0.2) is 33.7 Å². The average Bonchev–Trinajstić information content (AvgIpc) is 3.40. The van der Waals surface area contributed by atoms with Crippen LogP contribution >= 0.6 is 0 Å². The van der Waals surface area contributed by atoms with E-state index in [4.69, 9.17) is 0 Å². The van der Waals surface area contributed by atoms with E-state index < -0.39 is 6.10 Å². The Labute approximate surface area is 216 Å². The van der Waals surface area contributed by atoms with Gasteiger partial charge < -0.3 is 20.3 Å². The molecule has 0 radical (unpaired) electrons. The molecule has 0 spiro atoms. The minimum Gasteiger partial charge on any atom is -0.387 e. The normalized spacial score (nSPS) is 11.9. The Bertz CT molecular complexity index is 1460. The van der Waals surface area contributed by atoms with Crippen molar-refractivity contribution in [3.8, 4) is 5.69 Å². The average molecular weight is 491 g/mol. The number of nitrogens with zero attached hydrogens (tertiary/aromatic N) is 2. The van der Waals surface area contributed by atoms with E-state index in [1.807, 2.05) is 83.6 Å². The van der Waals surface area contributed by atoms with E-state index in [1.54, 1.807) is 6.20 Å². The van der Waals surface area contributed by atoms with Crippen molar-refractivity contribution in [2.24, 2.45) is 0 Å². The topological polar surface area (TPSA) is 79.2 Å². The predicted molar refractivity (Wildman–Crippen MR) is 148 cm³/mol. The summed E-state index contributed by atoms with van der Waals surface area (Å²) in [6, 6.07) is 32.0. The molecule has 5 aromatic rings. The first-order chi connectivity index (χ1) is 18.2. The molecule has 5 rings (SSSR count). The SMILES string of the molecule is O=C(Cc1nccn1-c1ccc2ccccc2c1)Nc1ccc(CCNC[C@H](O)c2ccccc2)cc1. The van der Waals surface area contributed by atoms with E-state index in [0.717, 1.165) is 40.9 Å². The summed E-state index contributed by atoms with van der Waals surface area (Å²) >= 11 is 0. The quantitative estimate of drug-likeness (QED) is 0.239. The number of hydrogen-bond acceptors (Lipinski definition) is 4. The van der Waals surface area contributed by atoms with Crippen LogP contribution in [0.3, 0.4) is 0 Å². The summed E-state index contributed by atoms with van der Waals surface area (Å²) in [4.78, 5) is 17.2. The van der Waals surface area contributed by atoms with Crippen LogP contribution in [0.2, 0.25) is 0 Å². The summed E-state index contributed by atoms with van der Waals surface area (Å²) in [5, 5.41) is 18.8. The zero-order valence-corrected chi connectivity index (χ0v) is 20.5. The Morgan fingerprint density at radius 3 is 2.46 bits per heavy atom. The third kappa shape index (κ3) is 6.30. The Balaban J connectivity index is 1.12. The summed E-state index contributed by atoms with van der Waals surface area (Å²) in [7, 11) is 0. The van der Waals surface area contributed by atoms with Gasteiger partial charge in [-0.15, -0.1) is 0 Å². The lowest BCUT2D eigenvalue weighted by atomic mass is 10.1. The third-order valence-electron chi connectivity index (χ3n) is 6.40. The monoisotopic (exact) mass is 490 g/mol. The van der Waals surface area contributed by atoms with E-state index in [1.165, 1.54) is 5.39 Å². The van der Waals surface area contributed by atoms with Crippen molar-refractivity contribution in [2.45, 2.75) is 18.9 Å². The van der Waals surface area contributed by atoms with Gasteiger partial charge in [0, 0.05) is 30.3 Å². The molecule has 3 N–H and O–H groups in total. The molecule has 1 amide bonds. The maximum atomic E-state index is 12.8. The molecule has 186 valence electrons. The van der Waals surface area contributed by atoms with Gasteiger partial charge >= 0.3 is 0 Å². The first kappa shape index (κ1) is 24.4. The Morgan fingerprint density at radius 2 is 1.65 bits per heavy atom. The lowest BCUT2D eigenvalue weighted by Gasteiger charge is -2.12. The second kappa shape index (κ2) is 11.6. The van der Waals surface area contributed by atoms with E-state index in [-0.39, 0.29) is 12.3 Å². The van der Waals surface area contributed by atoms with Crippen LogP contribution in [0.1, 0.15) is 23.1 Å². The van der Waals surface area contributed by atoms with Gasteiger partial charge in [0.1, 0.15) is 5.82 Å². The number of hydrogen-bond donors (Lipinski definition) is 3. The van der Waals surface area contributed by atoms with E-state index >= 15 is 0 Å². The maximum absolute atomic E-state index is 12.8. The second-order valence-corrected chi connectivity index (χ2v) is 9.05. The highest BCUT2D eigenvalue weighted by Crippen LogP contribution is 2.20. The van der Waals surface area contributed by atoms with Crippen LogP contribution in [0.25, 0.3) is 16.5 Å². The fourth-order valence-corrected chi connectivity index (χ4v) is 4.39. The molecule has 0 saturated heterocycles. The van der Waals surface area contributed by atoms with E-state index in [2.05, 4.69) is 39.9 Å². The first-order valence-electron chi connectivity index (χ1n) is 12.5. The first-order valence-corrected chi connectivity index (χ1v) is 12.5. The molecule has 0 bridgehead atoms. The number of imidazole rings is 1. The molecule has 0 saturated carbocycles. The van der Waals surface area contributed by atoms with Gasteiger partial charge in [-0.25, -0.2) is 4.98 Å². The van der Waals surface area contributed by atoms with Crippen LogP contribution in [-0.2, 0) is 17.6 Å². The molecule has 0 aliphatic heterocycles. The number of amides is 1. The minimum absolute atomic E-state index is 0.113. The maximum Gasteiger partial charge on any atom is 0.231 e. The van der Waals surface area contributed by atoms with Crippen molar-refractivity contribution in [1.82, 2.24) is 14.9 Å². The van der Waals surface area contributed by atoms with Gasteiger partial charge in [0.15, 0.2) is 0 Å². The van der Waals surface area contributed by atoms with Gasteiger partial charge in [-0.05, 0) is 59.1 Å². The molecular weight excluding hydrogens is 460 g/mol. The highest BCUT2D eigenvalue weighted by Gasteiger charge is 2.12. The Hall–Kier alpha value is -4.26. The molecule has 1 aromatic heterocycles. The number of anilines is 1. The standard InChI is InChI=1S/C31H30N4O2/c36-29(25-7-2-1-3-8-25)22-32-17-16-23-10-13-27(14-11-23)34-31(37)21-30-33-18-19-35(30)28-15-12-24-6-4-5-9-26(24)20-28/h1-15,18-20,29,32,36H,16-17,21-22H2,(H,34,37)/t29-/m0/s1. The predicted octanol–water partition coefficient (Wildman–Crippen LogP) is 5.07. The molecule has 6 nitrogen and oxygen atoms in total. The van der Waals surface area contributed by atoms with Gasteiger partial charge in [0.05, 0.1) is 12.5 Å². The summed E-state index contributed by atoms with van der Waals surface area (Å²) in [6.07, 6.45) is 4.10. The molecule has 0 fully saturated rings. The number of benzene rings is 4. The summed E-state index contributed by atoms with van der Waals surface area (Å²) < 4.78 is 1.96. The zero-order valence-electron chi connectivity index (χ0n) is 20.5. The zero-order chi connectivity index (χ0) is 25.5. The van der Waals surface area contributed by atoms with Crippen molar-refractivity contribution in [1.29, 1.82) is 0 Å². The lowest BCUT2D eigenvalue weighted by Crippen LogP contribution is -2.23. The van der Waals surface area contributed by atoms with E-state index in [0.29, 0.717) is 12.4 Å². The molecular formula is C31H30N4O2. The van der Waals surface area contributed by atoms with Gasteiger partial charge in [0.25, 0.3) is 0 Å². The van der Waals surface area contributed by atoms with Gasteiger partial charge in [-0.2, -0.15) is 0 Å². The summed E-state index contributed by atoms with van der Waals surface area (Å²) in [5.74, 6) is 0.575. The molecule has 6 heteroatoms. The highest BCUT2D eigenvalue weighted by molar-refractivity contribution is 5.92. The largest absolute Gasteiger partial charge is 0.387 e. The van der Waals surface area contributed by atoms with Crippen LogP contribution in [0.15, 0.2) is 109 Å². The Kier molecular flexibility index (Phi) is 7.69. The van der Waals surface area contributed by atoms with Crippen molar-refractivity contribution in [3.05, 3.63) is 126 Å². The van der Waals surface area contributed by atoms with Crippen LogP contribution in [0.4, 0.5) is 5.69 Å². The number of rotatable bonds is 10. The number of aromatic nitrogens is 2. The minimum atomic E-state index is -0.518. The van der Waals surface area contributed by atoms with Gasteiger partial charge in [0.2, 0.25) is 5.91 Å². The molecule has 1 heterocycles. The van der Waals surface area contributed by atoms with Gasteiger partial charge in [-0.1, -0.05) is 72.8 Å². The van der Waals surface area contributed by atoms with Crippen LogP contribution < -0.4 is 10.6 Å². The fourth-order valence-electron chi connectivity index (χ4n) is 4.39. The lowest BCUT2D eigenvalue weighted by molar-refractivity contribution is -0.115. The number of carbonyl (C=O) groups excluding carboxylic acids is 1. The molecule has 4 aromatic carbocycles. The number of carbonyl (C=O) groups is 1. The molecule has 0 unspecified atom stereocenters. The summed E-state index contributed by atoms with van der Waals surface area (Å²) in [5.41, 5.74) is 3.81. The number of aliphatic hydroxyl groups is 1. The smallest absolute Gasteiger partial charge is 0.231 e. The number of aliphatic hydroxyl groups excluding tert-OH is 1. The fraction of sp³-hybridized carbons (Fsp3) is 0.161. The van der Waals surface area contributed by atoms with E-state index in [9.17, 15) is 9.90 Å². The van der Waals surface area contributed by atoms with Crippen LogP contribution in [0, 0.1) is 0 Å². The van der Waals surface area contributed by atoms with Crippen LogP contribution in [0.5, 0.6) is 0 Å². The van der Waals surface area contributed by atoms with Crippen molar-refractivity contribution < 1.29 is 9.90 Å². The van der Waals surface area contributed by atoms with Gasteiger partial charge in [-0.3, -0.25) is 4.79 Å².